The van der Waals surface area contributed by atoms with E-state index in [1.807, 2.05) is 11.3 Å². The molecule has 0 saturated heterocycles. The van der Waals surface area contributed by atoms with Gasteiger partial charge in [0.1, 0.15) is 5.75 Å². The van der Waals surface area contributed by atoms with Crippen LogP contribution < -0.4 is 10.1 Å². The quantitative estimate of drug-likeness (QED) is 0.819. The number of rotatable bonds is 4. The number of ether oxygens (including phenoxy) is 1. The Morgan fingerprint density at radius 2 is 2.24 bits per heavy atom. The summed E-state index contributed by atoms with van der Waals surface area (Å²) in [6, 6.07) is 11.1. The lowest BCUT2D eigenvalue weighted by Crippen LogP contribution is -2.29. The first-order chi connectivity index (χ1) is 10.2. The van der Waals surface area contributed by atoms with Crippen molar-refractivity contribution in [1.29, 1.82) is 0 Å². The molecule has 3 rings (SSSR count). The molecule has 2 heterocycles. The number of hydrogen-bond acceptors (Lipinski definition) is 3. The fourth-order valence-electron chi connectivity index (χ4n) is 3.01. The van der Waals surface area contributed by atoms with Crippen molar-refractivity contribution in [2.24, 2.45) is 0 Å². The molecule has 0 bridgehead atoms. The van der Waals surface area contributed by atoms with Crippen LogP contribution >= 0.6 is 27.3 Å². The molecule has 0 aliphatic carbocycles. The molecule has 112 valence electrons. The monoisotopic (exact) mass is 365 g/mol. The van der Waals surface area contributed by atoms with Gasteiger partial charge in [0.25, 0.3) is 0 Å². The van der Waals surface area contributed by atoms with Gasteiger partial charge in [-0.25, -0.2) is 0 Å². The Labute approximate surface area is 138 Å². The largest absolute Gasteiger partial charge is 0.493 e. The van der Waals surface area contributed by atoms with Crippen molar-refractivity contribution in [2.75, 3.05) is 13.2 Å². The fourth-order valence-corrected chi connectivity index (χ4v) is 4.71. The van der Waals surface area contributed by atoms with E-state index in [-0.39, 0.29) is 0 Å². The van der Waals surface area contributed by atoms with Gasteiger partial charge in [-0.15, -0.1) is 11.3 Å². The van der Waals surface area contributed by atoms with Crippen LogP contribution in [0.15, 0.2) is 34.8 Å². The predicted molar refractivity (Wildman–Crippen MR) is 92.5 cm³/mol. The summed E-state index contributed by atoms with van der Waals surface area (Å²) in [5.41, 5.74) is 1.33. The van der Waals surface area contributed by atoms with Crippen LogP contribution in [0.5, 0.6) is 5.75 Å². The van der Waals surface area contributed by atoms with E-state index in [2.05, 4.69) is 65.4 Å². The van der Waals surface area contributed by atoms with Crippen LogP contribution in [-0.4, -0.2) is 13.2 Å². The summed E-state index contributed by atoms with van der Waals surface area (Å²) in [7, 11) is 0. The van der Waals surface area contributed by atoms with Gasteiger partial charge in [0.15, 0.2) is 0 Å². The first-order valence-corrected chi connectivity index (χ1v) is 9.02. The second kappa shape index (κ2) is 6.51. The average Bonchev–Trinajstić information content (AvgIpc) is 2.84. The van der Waals surface area contributed by atoms with Crippen LogP contribution in [-0.2, 0) is 0 Å². The molecule has 2 nitrogen and oxygen atoms in total. The molecule has 1 aliphatic rings. The highest BCUT2D eigenvalue weighted by atomic mass is 79.9. The maximum absolute atomic E-state index is 5.81. The highest BCUT2D eigenvalue weighted by Gasteiger charge is 2.30. The molecule has 1 N–H and O–H groups in total. The van der Waals surface area contributed by atoms with Crippen LogP contribution in [0.3, 0.4) is 0 Å². The number of nitrogens with one attached hydrogen (secondary N) is 1. The molecule has 0 radical (unpaired) electrons. The van der Waals surface area contributed by atoms with Crippen LogP contribution in [0.1, 0.15) is 40.6 Å². The summed E-state index contributed by atoms with van der Waals surface area (Å²) >= 11 is 5.53. The lowest BCUT2D eigenvalue weighted by atomic mass is 9.86. The van der Waals surface area contributed by atoms with Crippen molar-refractivity contribution in [1.82, 2.24) is 5.32 Å². The second-order valence-electron chi connectivity index (χ2n) is 5.37. The van der Waals surface area contributed by atoms with Crippen molar-refractivity contribution < 1.29 is 4.74 Å². The molecule has 1 aromatic carbocycles. The van der Waals surface area contributed by atoms with E-state index in [0.717, 1.165) is 25.3 Å². The van der Waals surface area contributed by atoms with Gasteiger partial charge < -0.3 is 10.1 Å². The zero-order chi connectivity index (χ0) is 14.8. The number of hydrogen-bond donors (Lipinski definition) is 1. The molecule has 1 aromatic heterocycles. The lowest BCUT2D eigenvalue weighted by Gasteiger charge is -2.32. The third-order valence-corrected chi connectivity index (χ3v) is 6.23. The molecule has 0 amide bonds. The minimum Gasteiger partial charge on any atom is -0.493 e. The van der Waals surface area contributed by atoms with Crippen molar-refractivity contribution >= 4 is 27.3 Å². The smallest absolute Gasteiger partial charge is 0.122 e. The second-order valence-corrected chi connectivity index (χ2v) is 7.51. The van der Waals surface area contributed by atoms with E-state index in [9.17, 15) is 0 Å². The summed E-state index contributed by atoms with van der Waals surface area (Å²) in [6.45, 7) is 6.11. The Balaban J connectivity index is 1.98. The number of aryl methyl sites for hydroxylation is 1. The van der Waals surface area contributed by atoms with Crippen molar-refractivity contribution in [3.63, 3.8) is 0 Å². The average molecular weight is 366 g/mol. The summed E-state index contributed by atoms with van der Waals surface area (Å²) in [5, 5.41) is 3.68. The normalized spacial score (nSPS) is 18.9. The van der Waals surface area contributed by atoms with Gasteiger partial charge in [0, 0.05) is 26.2 Å². The molecule has 2 unspecified atom stereocenters. The maximum atomic E-state index is 5.81. The topological polar surface area (TPSA) is 21.3 Å². The molecule has 0 saturated carbocycles. The number of thiophene rings is 1. The molecule has 2 atom stereocenters. The molecule has 0 fully saturated rings. The minimum atomic E-state index is 0.357. The van der Waals surface area contributed by atoms with Crippen LogP contribution in [0.2, 0.25) is 0 Å². The molecule has 1 aliphatic heterocycles. The third-order valence-electron chi connectivity index (χ3n) is 4.01. The Morgan fingerprint density at radius 1 is 1.43 bits per heavy atom. The number of fused-ring (bicyclic) bond motifs is 1. The van der Waals surface area contributed by atoms with E-state index in [4.69, 9.17) is 4.74 Å². The van der Waals surface area contributed by atoms with Gasteiger partial charge >= 0.3 is 0 Å². The van der Waals surface area contributed by atoms with E-state index in [1.54, 1.807) is 0 Å². The van der Waals surface area contributed by atoms with Gasteiger partial charge in [-0.05, 0) is 53.5 Å². The molecule has 4 heteroatoms. The standard InChI is InChI=1S/C17H20BrNOS/c1-3-19-17(16-10-14(18)11(2)21-16)13-8-9-20-15-7-5-4-6-12(13)15/h4-7,10,13,17,19H,3,8-9H2,1-2H3. The summed E-state index contributed by atoms with van der Waals surface area (Å²) in [6.07, 6.45) is 1.06. The first-order valence-electron chi connectivity index (χ1n) is 7.41. The third kappa shape index (κ3) is 3.03. The number of likely N-dealkylation sites (N-methyl/N-ethyl adjacent to an activating group) is 1. The highest BCUT2D eigenvalue weighted by molar-refractivity contribution is 9.10. The first kappa shape index (κ1) is 15.1. The number of halogens is 1. The van der Waals surface area contributed by atoms with Gasteiger partial charge in [-0.1, -0.05) is 25.1 Å². The van der Waals surface area contributed by atoms with Crippen LogP contribution in [0.25, 0.3) is 0 Å². The highest BCUT2D eigenvalue weighted by Crippen LogP contribution is 2.44. The van der Waals surface area contributed by atoms with Gasteiger partial charge in [0.2, 0.25) is 0 Å². The van der Waals surface area contributed by atoms with Gasteiger partial charge in [-0.3, -0.25) is 0 Å². The Bertz CT molecular complexity index is 606. The zero-order valence-corrected chi connectivity index (χ0v) is 14.8. The molecule has 2 aromatic rings. The van der Waals surface area contributed by atoms with Crippen LogP contribution in [0.4, 0.5) is 0 Å². The van der Waals surface area contributed by atoms with Crippen molar-refractivity contribution in [3.8, 4) is 5.75 Å². The van der Waals surface area contributed by atoms with E-state index in [0.29, 0.717) is 12.0 Å². The SMILES string of the molecule is CCNC(c1cc(Br)c(C)s1)C1CCOc2ccccc21. The van der Waals surface area contributed by atoms with Gasteiger partial charge in [0.05, 0.1) is 6.61 Å². The molecule has 0 spiro atoms. The molecular formula is C17H20BrNOS. The molecule has 21 heavy (non-hydrogen) atoms. The Hall–Kier alpha value is -0.840. The predicted octanol–water partition coefficient (Wildman–Crippen LogP) is 5.04. The summed E-state index contributed by atoms with van der Waals surface area (Å²) in [5.74, 6) is 1.52. The van der Waals surface area contributed by atoms with Crippen molar-refractivity contribution in [2.45, 2.75) is 32.2 Å². The Morgan fingerprint density at radius 3 is 2.95 bits per heavy atom. The van der Waals surface area contributed by atoms with E-state index >= 15 is 0 Å². The summed E-state index contributed by atoms with van der Waals surface area (Å²) in [4.78, 5) is 2.75. The zero-order valence-electron chi connectivity index (χ0n) is 12.4. The lowest BCUT2D eigenvalue weighted by molar-refractivity contribution is 0.247. The fraction of sp³-hybridized carbons (Fsp3) is 0.412. The van der Waals surface area contributed by atoms with E-state index < -0.39 is 0 Å². The minimum absolute atomic E-state index is 0.357. The van der Waals surface area contributed by atoms with Crippen LogP contribution in [0, 0.1) is 6.92 Å². The number of benzene rings is 1. The number of para-hydroxylation sites is 1. The Kier molecular flexibility index (Phi) is 4.67. The van der Waals surface area contributed by atoms with Crippen molar-refractivity contribution in [3.05, 3.63) is 50.1 Å². The van der Waals surface area contributed by atoms with Gasteiger partial charge in [-0.2, -0.15) is 0 Å². The summed E-state index contributed by atoms with van der Waals surface area (Å²) < 4.78 is 7.03. The van der Waals surface area contributed by atoms with E-state index in [1.165, 1.54) is 19.8 Å². The maximum Gasteiger partial charge on any atom is 0.122 e. The molecular weight excluding hydrogens is 346 g/mol.